The molecule has 0 saturated heterocycles. The molecule has 4 heterocycles. The number of furan rings is 1. The third kappa shape index (κ3) is 1.57. The van der Waals surface area contributed by atoms with Gasteiger partial charge in [-0.25, -0.2) is 4.98 Å². The second-order valence-corrected chi connectivity index (χ2v) is 4.43. The van der Waals surface area contributed by atoms with Crippen molar-refractivity contribution in [1.29, 1.82) is 0 Å². The van der Waals surface area contributed by atoms with Crippen LogP contribution in [0.1, 0.15) is 0 Å². The minimum Gasteiger partial charge on any atom is -0.472 e. The summed E-state index contributed by atoms with van der Waals surface area (Å²) in [6, 6.07) is 6.13. The minimum absolute atomic E-state index is 0.885. The van der Waals surface area contributed by atoms with Crippen LogP contribution in [0, 0.1) is 0 Å². The number of aromatic nitrogens is 3. The predicted molar refractivity (Wildman–Crippen MR) is 73.6 cm³/mol. The summed E-state index contributed by atoms with van der Waals surface area (Å²) in [5.41, 5.74) is 5.27. The Morgan fingerprint density at radius 2 is 2.05 bits per heavy atom. The van der Waals surface area contributed by atoms with E-state index in [-0.39, 0.29) is 0 Å². The summed E-state index contributed by atoms with van der Waals surface area (Å²) in [7, 11) is 0. The van der Waals surface area contributed by atoms with Crippen molar-refractivity contribution in [2.75, 3.05) is 0 Å². The Balaban J connectivity index is 1.95. The molecule has 0 aliphatic heterocycles. The standard InChI is InChI=1S/C15H11N3O/c1-3-16-6-10(1)12-5-13-14(11-2-4-19-9-11)8-18-15(13)17-7-12/h1-9,16H,(H,17,18). The topological polar surface area (TPSA) is 57.6 Å². The first-order valence-electron chi connectivity index (χ1n) is 6.05. The predicted octanol–water partition coefficient (Wildman–Crippen LogP) is 3.82. The number of fused-ring (bicyclic) bond motifs is 1. The normalized spacial score (nSPS) is 11.2. The number of rotatable bonds is 2. The second kappa shape index (κ2) is 3.88. The zero-order valence-electron chi connectivity index (χ0n) is 10.1. The molecule has 92 valence electrons. The summed E-state index contributed by atoms with van der Waals surface area (Å²) in [5, 5.41) is 1.10. The van der Waals surface area contributed by atoms with Crippen LogP contribution >= 0.6 is 0 Å². The first-order chi connectivity index (χ1) is 9.42. The second-order valence-electron chi connectivity index (χ2n) is 4.43. The Morgan fingerprint density at radius 1 is 1.05 bits per heavy atom. The summed E-state index contributed by atoms with van der Waals surface area (Å²) < 4.78 is 5.15. The van der Waals surface area contributed by atoms with E-state index < -0.39 is 0 Å². The molecule has 19 heavy (non-hydrogen) atoms. The van der Waals surface area contributed by atoms with E-state index in [1.807, 2.05) is 36.9 Å². The third-order valence-electron chi connectivity index (χ3n) is 3.29. The molecule has 0 radical (unpaired) electrons. The molecule has 0 bridgehead atoms. The molecular weight excluding hydrogens is 238 g/mol. The molecule has 4 nitrogen and oxygen atoms in total. The third-order valence-corrected chi connectivity index (χ3v) is 3.29. The average Bonchev–Trinajstić information content (AvgIpc) is 3.18. The number of H-pyrrole nitrogens is 2. The minimum atomic E-state index is 0.885. The highest BCUT2D eigenvalue weighted by molar-refractivity contribution is 5.95. The van der Waals surface area contributed by atoms with Crippen LogP contribution in [-0.4, -0.2) is 15.0 Å². The number of hydrogen-bond acceptors (Lipinski definition) is 2. The van der Waals surface area contributed by atoms with Crippen LogP contribution in [0.4, 0.5) is 0 Å². The lowest BCUT2D eigenvalue weighted by Crippen LogP contribution is -1.80. The molecule has 4 heteroatoms. The maximum Gasteiger partial charge on any atom is 0.137 e. The summed E-state index contributed by atoms with van der Waals surface area (Å²) in [4.78, 5) is 10.7. The highest BCUT2D eigenvalue weighted by Gasteiger charge is 2.09. The van der Waals surface area contributed by atoms with Crippen molar-refractivity contribution in [2.45, 2.75) is 0 Å². The molecule has 0 fully saturated rings. The van der Waals surface area contributed by atoms with E-state index >= 15 is 0 Å². The molecule has 0 aliphatic carbocycles. The number of nitrogens with zero attached hydrogens (tertiary/aromatic N) is 1. The maximum absolute atomic E-state index is 5.15. The molecule has 0 aromatic carbocycles. The summed E-state index contributed by atoms with van der Waals surface area (Å²) >= 11 is 0. The SMILES string of the molecule is c1cc(-c2cnc3[nH]cc(-c4ccoc4)c3c2)c[nH]1. The van der Waals surface area contributed by atoms with Gasteiger partial charge in [0.25, 0.3) is 0 Å². The smallest absolute Gasteiger partial charge is 0.137 e. The largest absolute Gasteiger partial charge is 0.472 e. The van der Waals surface area contributed by atoms with Gasteiger partial charge in [-0.15, -0.1) is 0 Å². The van der Waals surface area contributed by atoms with Crippen LogP contribution < -0.4 is 0 Å². The molecular formula is C15H11N3O. The maximum atomic E-state index is 5.15. The molecule has 2 N–H and O–H groups in total. The van der Waals surface area contributed by atoms with Crippen molar-refractivity contribution in [1.82, 2.24) is 15.0 Å². The van der Waals surface area contributed by atoms with Gasteiger partial charge in [-0.05, 0) is 18.2 Å². The van der Waals surface area contributed by atoms with Crippen molar-refractivity contribution < 1.29 is 4.42 Å². The molecule has 0 atom stereocenters. The van der Waals surface area contributed by atoms with Gasteiger partial charge in [0, 0.05) is 52.4 Å². The quantitative estimate of drug-likeness (QED) is 0.567. The molecule has 0 saturated carbocycles. The number of hydrogen-bond donors (Lipinski definition) is 2. The van der Waals surface area contributed by atoms with Gasteiger partial charge in [-0.3, -0.25) is 0 Å². The van der Waals surface area contributed by atoms with Crippen LogP contribution in [0.3, 0.4) is 0 Å². The lowest BCUT2D eigenvalue weighted by Gasteiger charge is -1.99. The fourth-order valence-corrected chi connectivity index (χ4v) is 2.32. The van der Waals surface area contributed by atoms with E-state index in [0.29, 0.717) is 0 Å². The zero-order valence-corrected chi connectivity index (χ0v) is 10.1. The highest BCUT2D eigenvalue weighted by atomic mass is 16.3. The van der Waals surface area contributed by atoms with Gasteiger partial charge in [0.15, 0.2) is 0 Å². The number of nitrogens with one attached hydrogen (secondary N) is 2. The van der Waals surface area contributed by atoms with E-state index in [2.05, 4.69) is 21.0 Å². The fraction of sp³-hybridized carbons (Fsp3) is 0. The van der Waals surface area contributed by atoms with Crippen molar-refractivity contribution in [3.8, 4) is 22.3 Å². The molecule has 0 unspecified atom stereocenters. The summed E-state index contributed by atoms with van der Waals surface area (Å²) in [5.74, 6) is 0. The van der Waals surface area contributed by atoms with Gasteiger partial charge in [-0.1, -0.05) is 0 Å². The van der Waals surface area contributed by atoms with Crippen LogP contribution in [0.2, 0.25) is 0 Å². The first kappa shape index (κ1) is 10.2. The lowest BCUT2D eigenvalue weighted by atomic mass is 10.1. The fourth-order valence-electron chi connectivity index (χ4n) is 2.32. The molecule has 0 spiro atoms. The van der Waals surface area contributed by atoms with Crippen LogP contribution in [0.15, 0.2) is 59.9 Å². The molecule has 0 aliphatic rings. The van der Waals surface area contributed by atoms with Gasteiger partial charge >= 0.3 is 0 Å². The Kier molecular flexibility index (Phi) is 2.08. The Labute approximate surface area is 109 Å². The first-order valence-corrected chi connectivity index (χ1v) is 6.05. The number of aromatic amines is 2. The average molecular weight is 249 g/mol. The summed E-state index contributed by atoms with van der Waals surface area (Å²) in [6.07, 6.45) is 11.1. The molecule has 4 aromatic rings. The van der Waals surface area contributed by atoms with Gasteiger partial charge in [-0.2, -0.15) is 0 Å². The van der Waals surface area contributed by atoms with Crippen LogP contribution in [-0.2, 0) is 0 Å². The Hall–Kier alpha value is -2.75. The Bertz CT molecular complexity index is 810. The van der Waals surface area contributed by atoms with Crippen molar-refractivity contribution >= 4 is 11.0 Å². The van der Waals surface area contributed by atoms with Crippen molar-refractivity contribution in [3.05, 3.63) is 55.5 Å². The van der Waals surface area contributed by atoms with Gasteiger partial charge in [0.05, 0.1) is 12.5 Å². The zero-order chi connectivity index (χ0) is 12.7. The van der Waals surface area contributed by atoms with E-state index in [4.69, 9.17) is 4.42 Å². The van der Waals surface area contributed by atoms with E-state index in [9.17, 15) is 0 Å². The van der Waals surface area contributed by atoms with Gasteiger partial charge in [0.1, 0.15) is 5.65 Å². The van der Waals surface area contributed by atoms with Crippen molar-refractivity contribution in [3.63, 3.8) is 0 Å². The van der Waals surface area contributed by atoms with Crippen LogP contribution in [0.25, 0.3) is 33.3 Å². The van der Waals surface area contributed by atoms with Gasteiger partial charge in [0.2, 0.25) is 0 Å². The van der Waals surface area contributed by atoms with E-state index in [1.165, 1.54) is 0 Å². The molecule has 0 amide bonds. The lowest BCUT2D eigenvalue weighted by molar-refractivity contribution is 0.568. The highest BCUT2D eigenvalue weighted by Crippen LogP contribution is 2.30. The summed E-state index contributed by atoms with van der Waals surface area (Å²) in [6.45, 7) is 0. The Morgan fingerprint density at radius 3 is 2.84 bits per heavy atom. The molecule has 4 rings (SSSR count). The van der Waals surface area contributed by atoms with E-state index in [0.717, 1.165) is 33.3 Å². The van der Waals surface area contributed by atoms with Crippen LogP contribution in [0.5, 0.6) is 0 Å². The molecule has 4 aromatic heterocycles. The van der Waals surface area contributed by atoms with E-state index in [1.54, 1.807) is 12.5 Å². The number of pyridine rings is 1. The monoisotopic (exact) mass is 249 g/mol. The van der Waals surface area contributed by atoms with Gasteiger partial charge < -0.3 is 14.4 Å². The van der Waals surface area contributed by atoms with Crippen molar-refractivity contribution in [2.24, 2.45) is 0 Å².